The van der Waals surface area contributed by atoms with Gasteiger partial charge in [0.05, 0.1) is 23.5 Å². The molecule has 0 saturated carbocycles. The Morgan fingerprint density at radius 3 is 2.73 bits per heavy atom. The normalized spacial score (nSPS) is 12.7. The van der Waals surface area contributed by atoms with E-state index < -0.39 is 0 Å². The highest BCUT2D eigenvalue weighted by atomic mass is 16.5. The summed E-state index contributed by atoms with van der Waals surface area (Å²) in [6.45, 7) is 2.46. The largest absolute Gasteiger partial charge is 0.488 e. The van der Waals surface area contributed by atoms with Crippen molar-refractivity contribution in [3.63, 3.8) is 0 Å². The summed E-state index contributed by atoms with van der Waals surface area (Å²) in [7, 11) is 0. The van der Waals surface area contributed by atoms with Crippen LogP contribution < -0.4 is 10.1 Å². The van der Waals surface area contributed by atoms with Crippen molar-refractivity contribution in [3.05, 3.63) is 77.1 Å². The molecule has 1 aliphatic rings. The number of hydrogen-bond donors (Lipinski definition) is 1. The molecule has 0 fully saturated rings. The first kappa shape index (κ1) is 16.1. The summed E-state index contributed by atoms with van der Waals surface area (Å²) in [5.41, 5.74) is 3.91. The molecule has 0 bridgehead atoms. The number of carbonyl (C=O) groups is 1. The summed E-state index contributed by atoms with van der Waals surface area (Å²) in [5.74, 6) is 0.638. The molecule has 6 nitrogen and oxygen atoms in total. The van der Waals surface area contributed by atoms with Crippen LogP contribution in [-0.4, -0.2) is 27.5 Å². The van der Waals surface area contributed by atoms with Crippen LogP contribution in [0.2, 0.25) is 0 Å². The number of aromatic nitrogens is 3. The molecule has 3 aromatic rings. The highest BCUT2D eigenvalue weighted by Crippen LogP contribution is 2.25. The van der Waals surface area contributed by atoms with Gasteiger partial charge in [-0.3, -0.25) is 4.79 Å². The molecule has 0 aliphatic carbocycles. The Bertz CT molecular complexity index is 976. The topological polar surface area (TPSA) is 69.0 Å². The van der Waals surface area contributed by atoms with Crippen molar-refractivity contribution in [1.29, 1.82) is 0 Å². The Morgan fingerprint density at radius 1 is 1.12 bits per heavy atom. The summed E-state index contributed by atoms with van der Waals surface area (Å²) in [4.78, 5) is 14.0. The molecule has 0 unspecified atom stereocenters. The van der Waals surface area contributed by atoms with Crippen molar-refractivity contribution in [3.8, 4) is 11.4 Å². The molecule has 4 rings (SSSR count). The fourth-order valence-electron chi connectivity index (χ4n) is 2.77. The SMILES string of the molecule is Cc1nn(-c2ccccc2)nc1CNC(=O)C1=Cc2ccccc2OC1. The number of carbonyl (C=O) groups excluding carboxylic acids is 1. The van der Waals surface area contributed by atoms with Crippen molar-refractivity contribution in [2.75, 3.05) is 6.61 Å². The molecule has 1 aliphatic heterocycles. The van der Waals surface area contributed by atoms with E-state index in [-0.39, 0.29) is 12.5 Å². The van der Waals surface area contributed by atoms with Gasteiger partial charge in [-0.2, -0.15) is 15.0 Å². The lowest BCUT2D eigenvalue weighted by molar-refractivity contribution is -0.117. The number of rotatable bonds is 4. The number of para-hydroxylation sites is 2. The highest BCUT2D eigenvalue weighted by Gasteiger charge is 2.17. The third kappa shape index (κ3) is 3.21. The Hall–Kier alpha value is -3.41. The molecular formula is C20H18N4O2. The van der Waals surface area contributed by atoms with E-state index in [4.69, 9.17) is 4.74 Å². The van der Waals surface area contributed by atoms with Gasteiger partial charge >= 0.3 is 0 Å². The molecule has 26 heavy (non-hydrogen) atoms. The third-order valence-electron chi connectivity index (χ3n) is 4.20. The molecule has 2 heterocycles. The summed E-state index contributed by atoms with van der Waals surface area (Å²) < 4.78 is 5.63. The molecule has 2 aromatic carbocycles. The van der Waals surface area contributed by atoms with Crippen LogP contribution in [0.5, 0.6) is 5.75 Å². The minimum Gasteiger partial charge on any atom is -0.488 e. The summed E-state index contributed by atoms with van der Waals surface area (Å²) in [6, 6.07) is 17.3. The van der Waals surface area contributed by atoms with E-state index in [1.165, 1.54) is 0 Å². The number of amides is 1. The first-order valence-electron chi connectivity index (χ1n) is 8.39. The van der Waals surface area contributed by atoms with E-state index in [0.717, 1.165) is 28.4 Å². The van der Waals surface area contributed by atoms with E-state index in [0.29, 0.717) is 12.1 Å². The predicted octanol–water partition coefficient (Wildman–Crippen LogP) is 2.67. The average molecular weight is 346 g/mol. The van der Waals surface area contributed by atoms with E-state index >= 15 is 0 Å². The zero-order valence-electron chi connectivity index (χ0n) is 14.3. The van der Waals surface area contributed by atoms with Crippen molar-refractivity contribution in [2.45, 2.75) is 13.5 Å². The van der Waals surface area contributed by atoms with Crippen LogP contribution >= 0.6 is 0 Å². The number of aryl methyl sites for hydroxylation is 1. The van der Waals surface area contributed by atoms with Crippen molar-refractivity contribution in [2.24, 2.45) is 0 Å². The molecule has 0 radical (unpaired) electrons. The van der Waals surface area contributed by atoms with Crippen LogP contribution in [-0.2, 0) is 11.3 Å². The second kappa shape index (κ2) is 6.84. The van der Waals surface area contributed by atoms with Gasteiger partial charge in [-0.25, -0.2) is 0 Å². The second-order valence-electron chi connectivity index (χ2n) is 6.04. The van der Waals surface area contributed by atoms with E-state index in [9.17, 15) is 4.79 Å². The quantitative estimate of drug-likeness (QED) is 0.789. The molecule has 0 saturated heterocycles. The average Bonchev–Trinajstić information content (AvgIpc) is 3.07. The van der Waals surface area contributed by atoms with E-state index in [2.05, 4.69) is 15.5 Å². The molecule has 1 amide bonds. The molecule has 0 atom stereocenters. The summed E-state index contributed by atoms with van der Waals surface area (Å²) >= 11 is 0. The lowest BCUT2D eigenvalue weighted by atomic mass is 10.1. The zero-order valence-corrected chi connectivity index (χ0v) is 14.3. The maximum absolute atomic E-state index is 12.5. The number of ether oxygens (including phenoxy) is 1. The highest BCUT2D eigenvalue weighted by molar-refractivity contribution is 5.99. The van der Waals surface area contributed by atoms with Crippen LogP contribution in [0.1, 0.15) is 17.0 Å². The summed E-state index contributed by atoms with van der Waals surface area (Å²) in [6.07, 6.45) is 1.86. The molecular weight excluding hydrogens is 328 g/mol. The zero-order chi connectivity index (χ0) is 17.9. The van der Waals surface area contributed by atoms with E-state index in [1.54, 1.807) is 4.80 Å². The molecule has 1 N–H and O–H groups in total. The van der Waals surface area contributed by atoms with Crippen molar-refractivity contribution < 1.29 is 9.53 Å². The maximum Gasteiger partial charge on any atom is 0.251 e. The Morgan fingerprint density at radius 2 is 1.88 bits per heavy atom. The minimum atomic E-state index is -0.159. The number of fused-ring (bicyclic) bond motifs is 1. The smallest absolute Gasteiger partial charge is 0.251 e. The first-order chi connectivity index (χ1) is 12.7. The van der Waals surface area contributed by atoms with Gasteiger partial charge in [0, 0.05) is 5.56 Å². The fourth-order valence-corrected chi connectivity index (χ4v) is 2.77. The van der Waals surface area contributed by atoms with Crippen LogP contribution in [0, 0.1) is 6.92 Å². The summed E-state index contributed by atoms with van der Waals surface area (Å²) in [5, 5.41) is 11.8. The molecule has 0 spiro atoms. The van der Waals surface area contributed by atoms with Crippen molar-refractivity contribution in [1.82, 2.24) is 20.3 Å². The monoisotopic (exact) mass is 346 g/mol. The van der Waals surface area contributed by atoms with Gasteiger partial charge in [0.25, 0.3) is 5.91 Å². The maximum atomic E-state index is 12.5. The van der Waals surface area contributed by atoms with Crippen LogP contribution in [0.4, 0.5) is 0 Å². The molecule has 6 heteroatoms. The Balaban J connectivity index is 1.46. The standard InChI is InChI=1S/C20H18N4O2/c1-14-18(23-24(22-14)17-8-3-2-4-9-17)12-21-20(25)16-11-15-7-5-6-10-19(15)26-13-16/h2-11H,12-13H2,1H3,(H,21,25). The number of benzene rings is 2. The van der Waals surface area contributed by atoms with Gasteiger partial charge in [-0.05, 0) is 31.2 Å². The van der Waals surface area contributed by atoms with Crippen LogP contribution in [0.25, 0.3) is 11.8 Å². The van der Waals surface area contributed by atoms with Gasteiger partial charge in [-0.15, -0.1) is 0 Å². The van der Waals surface area contributed by atoms with Gasteiger partial charge in [0.15, 0.2) is 0 Å². The number of nitrogens with zero attached hydrogens (tertiary/aromatic N) is 3. The van der Waals surface area contributed by atoms with Crippen molar-refractivity contribution >= 4 is 12.0 Å². The lowest BCUT2D eigenvalue weighted by Gasteiger charge is -2.17. The van der Waals surface area contributed by atoms with Gasteiger partial charge in [0.1, 0.15) is 18.1 Å². The van der Waals surface area contributed by atoms with Crippen LogP contribution in [0.15, 0.2) is 60.2 Å². The van der Waals surface area contributed by atoms with Crippen LogP contribution in [0.3, 0.4) is 0 Å². The second-order valence-corrected chi connectivity index (χ2v) is 6.04. The van der Waals surface area contributed by atoms with Gasteiger partial charge in [0.2, 0.25) is 0 Å². The van der Waals surface area contributed by atoms with Gasteiger partial charge in [-0.1, -0.05) is 36.4 Å². The van der Waals surface area contributed by atoms with E-state index in [1.807, 2.05) is 67.6 Å². The lowest BCUT2D eigenvalue weighted by Crippen LogP contribution is -2.28. The Labute approximate surface area is 151 Å². The molecule has 130 valence electrons. The third-order valence-corrected chi connectivity index (χ3v) is 4.20. The van der Waals surface area contributed by atoms with Gasteiger partial charge < -0.3 is 10.1 Å². The minimum absolute atomic E-state index is 0.159. The first-order valence-corrected chi connectivity index (χ1v) is 8.39. The number of hydrogen-bond acceptors (Lipinski definition) is 4. The Kier molecular flexibility index (Phi) is 4.23. The fraction of sp³-hybridized carbons (Fsp3) is 0.150. The predicted molar refractivity (Wildman–Crippen MR) is 97.9 cm³/mol. The number of nitrogens with one attached hydrogen (secondary N) is 1. The molecule has 1 aromatic heterocycles.